The van der Waals surface area contributed by atoms with Crippen LogP contribution in [0.15, 0.2) is 30.3 Å². The van der Waals surface area contributed by atoms with Crippen molar-refractivity contribution < 1.29 is 4.79 Å². The predicted molar refractivity (Wildman–Crippen MR) is 50.7 cm³/mol. The van der Waals surface area contributed by atoms with Gasteiger partial charge in [0.1, 0.15) is 0 Å². The molecule has 2 nitrogen and oxygen atoms in total. The molecule has 1 aromatic rings. The van der Waals surface area contributed by atoms with Gasteiger partial charge in [0.05, 0.1) is 0 Å². The van der Waals surface area contributed by atoms with E-state index in [1.165, 1.54) is 4.90 Å². The van der Waals surface area contributed by atoms with Gasteiger partial charge in [0.2, 0.25) is 0 Å². The Morgan fingerprint density at radius 2 is 2.00 bits per heavy atom. The Bertz CT molecular complexity index is 260. The van der Waals surface area contributed by atoms with Gasteiger partial charge in [-0.25, -0.2) is 0 Å². The van der Waals surface area contributed by atoms with Crippen LogP contribution in [-0.4, -0.2) is 11.9 Å². The molecule has 0 aromatic heterocycles. The van der Waals surface area contributed by atoms with Crippen LogP contribution in [0.4, 0.5) is 10.5 Å². The molecule has 64 valence electrons. The third-order valence-corrected chi connectivity index (χ3v) is 1.80. The largest absolute Gasteiger partial charge is 0.320 e. The van der Waals surface area contributed by atoms with Gasteiger partial charge in [-0.3, -0.25) is 9.69 Å². The minimum absolute atomic E-state index is 0.441. The molecule has 0 aliphatic heterocycles. The van der Waals surface area contributed by atoms with Gasteiger partial charge in [-0.05, 0) is 30.7 Å². The molecule has 0 bridgehead atoms. The van der Waals surface area contributed by atoms with Crippen molar-refractivity contribution in [3.8, 4) is 0 Å². The van der Waals surface area contributed by atoms with Gasteiger partial charge in [0.15, 0.2) is 0 Å². The number of benzene rings is 1. The van der Waals surface area contributed by atoms with Gasteiger partial charge in [-0.2, -0.15) is 0 Å². The number of rotatable bonds is 2. The standard InChI is InChI=1S/C9H10ClNO/c1-2-11(9(10)12)8-6-4-3-5-7-8/h3-7H,2H2,1H3. The minimum atomic E-state index is -0.441. The highest BCUT2D eigenvalue weighted by Gasteiger charge is 2.08. The van der Waals surface area contributed by atoms with Crippen molar-refractivity contribution in [1.29, 1.82) is 0 Å². The molecule has 0 saturated heterocycles. The first-order chi connectivity index (χ1) is 5.75. The van der Waals surface area contributed by atoms with E-state index < -0.39 is 5.37 Å². The number of nitrogens with zero attached hydrogens (tertiary/aromatic N) is 1. The summed E-state index contributed by atoms with van der Waals surface area (Å²) < 4.78 is 0. The van der Waals surface area contributed by atoms with E-state index in [1.54, 1.807) is 0 Å². The topological polar surface area (TPSA) is 20.3 Å². The molecular weight excluding hydrogens is 174 g/mol. The second-order valence-electron chi connectivity index (χ2n) is 2.33. The number of carbonyl (C=O) groups is 1. The van der Waals surface area contributed by atoms with Crippen LogP contribution in [0, 0.1) is 0 Å². The summed E-state index contributed by atoms with van der Waals surface area (Å²) in [4.78, 5) is 12.4. The first-order valence-corrected chi connectivity index (χ1v) is 4.15. The number of carbonyl (C=O) groups excluding carboxylic acids is 1. The molecule has 0 fully saturated rings. The zero-order valence-corrected chi connectivity index (χ0v) is 7.58. The summed E-state index contributed by atoms with van der Waals surface area (Å²) >= 11 is 5.37. The Kier molecular flexibility index (Phi) is 3.11. The monoisotopic (exact) mass is 183 g/mol. The quantitative estimate of drug-likeness (QED) is 0.510. The lowest BCUT2D eigenvalue weighted by atomic mass is 10.3. The highest BCUT2D eigenvalue weighted by Crippen LogP contribution is 2.14. The van der Waals surface area contributed by atoms with Gasteiger partial charge in [-0.15, -0.1) is 0 Å². The summed E-state index contributed by atoms with van der Waals surface area (Å²) in [5.74, 6) is 0. The van der Waals surface area contributed by atoms with Crippen molar-refractivity contribution in [2.45, 2.75) is 6.92 Å². The average molecular weight is 184 g/mol. The molecule has 1 aromatic carbocycles. The van der Waals surface area contributed by atoms with Crippen molar-refractivity contribution in [3.63, 3.8) is 0 Å². The molecule has 3 heteroatoms. The maximum absolute atomic E-state index is 10.9. The van der Waals surface area contributed by atoms with Crippen LogP contribution in [0.1, 0.15) is 6.92 Å². The van der Waals surface area contributed by atoms with Gasteiger partial charge >= 0.3 is 5.37 Å². The summed E-state index contributed by atoms with van der Waals surface area (Å²) in [6, 6.07) is 9.35. The Morgan fingerprint density at radius 3 is 2.42 bits per heavy atom. The van der Waals surface area contributed by atoms with Crippen LogP contribution in [0.5, 0.6) is 0 Å². The molecule has 0 unspecified atom stereocenters. The van der Waals surface area contributed by atoms with E-state index in [4.69, 9.17) is 11.6 Å². The van der Waals surface area contributed by atoms with E-state index in [-0.39, 0.29) is 0 Å². The Hall–Kier alpha value is -1.02. The molecular formula is C9H10ClNO. The van der Waals surface area contributed by atoms with Gasteiger partial charge in [0.25, 0.3) is 0 Å². The summed E-state index contributed by atoms with van der Waals surface area (Å²) in [6.45, 7) is 2.47. The van der Waals surface area contributed by atoms with E-state index in [9.17, 15) is 4.79 Å². The lowest BCUT2D eigenvalue weighted by molar-refractivity contribution is 0.264. The SMILES string of the molecule is CCN(C(=O)Cl)c1ccccc1. The summed E-state index contributed by atoms with van der Waals surface area (Å²) in [5, 5.41) is -0.441. The van der Waals surface area contributed by atoms with Crippen molar-refractivity contribution in [2.24, 2.45) is 0 Å². The molecule has 12 heavy (non-hydrogen) atoms. The van der Waals surface area contributed by atoms with Gasteiger partial charge in [-0.1, -0.05) is 18.2 Å². The zero-order chi connectivity index (χ0) is 8.97. The zero-order valence-electron chi connectivity index (χ0n) is 6.83. The smallest absolute Gasteiger partial charge is 0.299 e. The van der Waals surface area contributed by atoms with Crippen LogP contribution in [0.2, 0.25) is 0 Å². The maximum atomic E-state index is 10.9. The minimum Gasteiger partial charge on any atom is -0.299 e. The molecule has 0 radical (unpaired) electrons. The number of hydrogen-bond acceptors (Lipinski definition) is 1. The van der Waals surface area contributed by atoms with E-state index in [2.05, 4.69) is 0 Å². The number of anilines is 1. The third-order valence-electron chi connectivity index (χ3n) is 1.60. The second kappa shape index (κ2) is 4.12. The average Bonchev–Trinajstić information content (AvgIpc) is 2.07. The highest BCUT2D eigenvalue weighted by molar-refractivity contribution is 6.66. The lowest BCUT2D eigenvalue weighted by Gasteiger charge is -2.16. The first-order valence-electron chi connectivity index (χ1n) is 3.77. The molecule has 0 N–H and O–H groups in total. The van der Waals surface area contributed by atoms with Crippen molar-refractivity contribution >= 4 is 22.7 Å². The number of halogens is 1. The Balaban J connectivity index is 2.88. The van der Waals surface area contributed by atoms with E-state index in [0.29, 0.717) is 6.54 Å². The Morgan fingerprint density at radius 1 is 1.42 bits per heavy atom. The van der Waals surface area contributed by atoms with Crippen LogP contribution < -0.4 is 4.90 Å². The van der Waals surface area contributed by atoms with E-state index in [0.717, 1.165) is 5.69 Å². The Labute approximate surface area is 76.8 Å². The molecule has 0 spiro atoms. The summed E-state index contributed by atoms with van der Waals surface area (Å²) in [6.07, 6.45) is 0. The van der Waals surface area contributed by atoms with Gasteiger partial charge < -0.3 is 0 Å². The van der Waals surface area contributed by atoms with E-state index in [1.807, 2.05) is 37.3 Å². The number of para-hydroxylation sites is 1. The predicted octanol–water partition coefficient (Wildman–Crippen LogP) is 2.87. The number of hydrogen-bond donors (Lipinski definition) is 0. The molecule has 0 saturated carbocycles. The fourth-order valence-electron chi connectivity index (χ4n) is 1.02. The maximum Gasteiger partial charge on any atom is 0.320 e. The molecule has 1 amide bonds. The number of amides is 1. The van der Waals surface area contributed by atoms with Gasteiger partial charge in [0, 0.05) is 12.2 Å². The van der Waals surface area contributed by atoms with E-state index >= 15 is 0 Å². The molecule has 0 heterocycles. The molecule has 1 rings (SSSR count). The van der Waals surface area contributed by atoms with Crippen molar-refractivity contribution in [3.05, 3.63) is 30.3 Å². The fourth-order valence-corrected chi connectivity index (χ4v) is 1.23. The molecule has 0 atom stereocenters. The third kappa shape index (κ3) is 1.98. The first kappa shape index (κ1) is 9.07. The van der Waals surface area contributed by atoms with Crippen LogP contribution >= 0.6 is 11.6 Å². The normalized spacial score (nSPS) is 9.50. The molecule has 0 aliphatic carbocycles. The van der Waals surface area contributed by atoms with Crippen LogP contribution in [0.25, 0.3) is 0 Å². The summed E-state index contributed by atoms with van der Waals surface area (Å²) in [7, 11) is 0. The fraction of sp³-hybridized carbons (Fsp3) is 0.222. The van der Waals surface area contributed by atoms with Crippen LogP contribution in [-0.2, 0) is 0 Å². The lowest BCUT2D eigenvalue weighted by Crippen LogP contribution is -2.24. The van der Waals surface area contributed by atoms with Crippen LogP contribution in [0.3, 0.4) is 0 Å². The second-order valence-corrected chi connectivity index (χ2v) is 2.66. The summed E-state index contributed by atoms with van der Waals surface area (Å²) in [5.41, 5.74) is 0.833. The van der Waals surface area contributed by atoms with Crippen molar-refractivity contribution in [1.82, 2.24) is 0 Å². The highest BCUT2D eigenvalue weighted by atomic mass is 35.5. The van der Waals surface area contributed by atoms with Crippen molar-refractivity contribution in [2.75, 3.05) is 11.4 Å². The molecule has 0 aliphatic rings.